The first-order valence-corrected chi connectivity index (χ1v) is 16.5. The van der Waals surface area contributed by atoms with Crippen molar-refractivity contribution >= 4 is 38.6 Å². The van der Waals surface area contributed by atoms with Crippen LogP contribution in [0.1, 0.15) is 17.8 Å². The first kappa shape index (κ1) is 19.5. The van der Waals surface area contributed by atoms with E-state index >= 15 is 0 Å². The zero-order valence-corrected chi connectivity index (χ0v) is 27.1. The van der Waals surface area contributed by atoms with Crippen molar-refractivity contribution in [1.29, 1.82) is 0 Å². The van der Waals surface area contributed by atoms with Gasteiger partial charge in [-0.3, -0.25) is 0 Å². The van der Waals surface area contributed by atoms with Gasteiger partial charge in [-0.05, 0) is 108 Å². The number of hydrogen-bond donors (Lipinski definition) is 0. The Morgan fingerprint density at radius 1 is 0.333 bits per heavy atom. The number of anilines is 3. The van der Waals surface area contributed by atoms with E-state index in [1.807, 2.05) is 109 Å². The van der Waals surface area contributed by atoms with Crippen molar-refractivity contribution in [1.82, 2.24) is 0 Å². The van der Waals surface area contributed by atoms with E-state index in [0.717, 1.165) is 32.8 Å². The average molecular weight is 663 g/mol. The minimum atomic E-state index is -0.734. The Hall–Kier alpha value is -6.70. The molecule has 0 N–H and O–H groups in total. The molecule has 0 aliphatic carbocycles. The fourth-order valence-corrected chi connectivity index (χ4v) is 6.40. The van der Waals surface area contributed by atoms with Crippen molar-refractivity contribution < 1.29 is 17.8 Å². The highest BCUT2D eigenvalue weighted by molar-refractivity contribution is 6.04. The van der Waals surface area contributed by atoms with Gasteiger partial charge in [-0.2, -0.15) is 0 Å². The van der Waals surface area contributed by atoms with Gasteiger partial charge in [0.25, 0.3) is 0 Å². The summed E-state index contributed by atoms with van der Waals surface area (Å²) < 4.78 is 118. The molecule has 9 aromatic rings. The number of hydrogen-bond acceptors (Lipinski definition) is 1. The van der Waals surface area contributed by atoms with Crippen molar-refractivity contribution in [3.8, 4) is 44.5 Å². The van der Waals surface area contributed by atoms with Gasteiger partial charge in [-0.1, -0.05) is 170 Å². The van der Waals surface area contributed by atoms with Crippen LogP contribution in [0.4, 0.5) is 17.1 Å². The Kier molecular flexibility index (Phi) is 5.08. The molecule has 0 heterocycles. The molecule has 0 saturated heterocycles. The maximum Gasteiger partial charge on any atom is 0.0645 e. The fourth-order valence-electron chi connectivity index (χ4n) is 6.40. The van der Waals surface area contributed by atoms with Crippen LogP contribution in [0.25, 0.3) is 66.1 Å². The minimum absolute atomic E-state index is 0.0251. The van der Waals surface area contributed by atoms with Crippen LogP contribution in [-0.2, 0) is 0 Å². The number of nitrogens with zero attached hydrogens (tertiary/aromatic N) is 1. The maximum absolute atomic E-state index is 9.68. The molecule has 0 fully saturated rings. The summed E-state index contributed by atoms with van der Waals surface area (Å²) >= 11 is 0. The van der Waals surface area contributed by atoms with Gasteiger partial charge in [0.2, 0.25) is 0 Å². The third-order valence-corrected chi connectivity index (χ3v) is 8.89. The van der Waals surface area contributed by atoms with Crippen molar-refractivity contribution in [3.05, 3.63) is 212 Å². The fraction of sp³-hybridized carbons (Fsp3) is 0. The summed E-state index contributed by atoms with van der Waals surface area (Å²) in [7, 11) is 0. The lowest BCUT2D eigenvalue weighted by Crippen LogP contribution is -2.09. The molecule has 9 rings (SSSR count). The van der Waals surface area contributed by atoms with E-state index < -0.39 is 95.4 Å². The van der Waals surface area contributed by atoms with Crippen LogP contribution in [-0.4, -0.2) is 0 Å². The van der Waals surface area contributed by atoms with Crippen molar-refractivity contribution in [2.75, 3.05) is 4.90 Å². The molecule has 0 bridgehead atoms. The van der Waals surface area contributed by atoms with Crippen LogP contribution in [0.5, 0.6) is 0 Å². The Bertz CT molecular complexity index is 3280. The number of rotatable bonds is 7. The van der Waals surface area contributed by atoms with E-state index in [4.69, 9.17) is 6.85 Å². The van der Waals surface area contributed by atoms with E-state index in [2.05, 4.69) is 0 Å². The standard InChI is InChI=1S/C50H35N/c1-3-11-36(12-4-1)38-21-28-45(29-22-38)51(46-30-23-39(24-31-46)44-20-19-37-13-7-8-17-43(37)35-44)47-32-25-42(26-33-47)50-48-18-10-9-16-41(48)27-34-49(50)40-14-5-2-6-15-40/h1-35H/i1D,3D,4D,11D,12D,21D,22D,25D,26D,28D,29D,32D,33D. The normalized spacial score (nSPS) is 14.7. The van der Waals surface area contributed by atoms with Crippen molar-refractivity contribution in [3.63, 3.8) is 0 Å². The Morgan fingerprint density at radius 3 is 1.63 bits per heavy atom. The van der Waals surface area contributed by atoms with Gasteiger partial charge in [0, 0.05) is 17.1 Å². The Balaban J connectivity index is 1.32. The van der Waals surface area contributed by atoms with E-state index in [1.165, 1.54) is 4.90 Å². The van der Waals surface area contributed by atoms with Gasteiger partial charge in [-0.25, -0.2) is 0 Å². The molecule has 9 aromatic carbocycles. The molecular formula is C50H35N. The first-order valence-electron chi connectivity index (χ1n) is 23.0. The molecule has 0 radical (unpaired) electrons. The third-order valence-electron chi connectivity index (χ3n) is 8.89. The zero-order chi connectivity index (χ0) is 45.3. The van der Waals surface area contributed by atoms with Crippen LogP contribution in [0.15, 0.2) is 212 Å². The summed E-state index contributed by atoms with van der Waals surface area (Å²) in [5.41, 5.74) is 1.99. The highest BCUT2D eigenvalue weighted by Crippen LogP contribution is 2.41. The molecule has 0 spiro atoms. The van der Waals surface area contributed by atoms with Crippen LogP contribution >= 0.6 is 0 Å². The second-order valence-corrected chi connectivity index (χ2v) is 12.0. The van der Waals surface area contributed by atoms with Crippen molar-refractivity contribution in [2.45, 2.75) is 0 Å². The van der Waals surface area contributed by atoms with E-state index in [1.54, 1.807) is 24.3 Å². The van der Waals surface area contributed by atoms with Crippen LogP contribution in [0, 0.1) is 0 Å². The number of benzene rings is 9. The zero-order valence-electron chi connectivity index (χ0n) is 40.1. The molecule has 0 saturated carbocycles. The molecule has 1 heteroatoms. The molecule has 0 aliphatic heterocycles. The van der Waals surface area contributed by atoms with E-state index in [9.17, 15) is 11.0 Å². The Morgan fingerprint density at radius 2 is 0.902 bits per heavy atom. The molecule has 1 nitrogen and oxygen atoms in total. The topological polar surface area (TPSA) is 3.24 Å². The summed E-state index contributed by atoms with van der Waals surface area (Å²) in [6.45, 7) is 0. The second-order valence-electron chi connectivity index (χ2n) is 12.0. The predicted molar refractivity (Wildman–Crippen MR) is 218 cm³/mol. The predicted octanol–water partition coefficient (Wildman–Crippen LogP) is 14.1. The summed E-state index contributed by atoms with van der Waals surface area (Å²) in [6.07, 6.45) is 0. The third kappa shape index (κ3) is 5.96. The lowest BCUT2D eigenvalue weighted by molar-refractivity contribution is 1.28. The molecule has 0 atom stereocenters. The van der Waals surface area contributed by atoms with Crippen LogP contribution in [0.2, 0.25) is 0 Å². The average Bonchev–Trinajstić information content (AvgIpc) is 3.32. The first-order chi connectivity index (χ1) is 30.7. The van der Waals surface area contributed by atoms with Gasteiger partial charge in [-0.15, -0.1) is 0 Å². The van der Waals surface area contributed by atoms with Gasteiger partial charge in [0.15, 0.2) is 0 Å². The molecular weight excluding hydrogens is 615 g/mol. The summed E-state index contributed by atoms with van der Waals surface area (Å²) in [4.78, 5) is 1.18. The van der Waals surface area contributed by atoms with E-state index in [0.29, 0.717) is 16.5 Å². The number of fused-ring (bicyclic) bond motifs is 2. The second kappa shape index (κ2) is 13.3. The van der Waals surface area contributed by atoms with Gasteiger partial charge < -0.3 is 4.90 Å². The summed E-state index contributed by atoms with van der Waals surface area (Å²) in [5.74, 6) is 0. The molecule has 0 aliphatic rings. The highest BCUT2D eigenvalue weighted by Gasteiger charge is 2.16. The van der Waals surface area contributed by atoms with Gasteiger partial charge >= 0.3 is 0 Å². The molecule has 240 valence electrons. The lowest BCUT2D eigenvalue weighted by atomic mass is 9.89. The van der Waals surface area contributed by atoms with Gasteiger partial charge in [0.05, 0.1) is 17.8 Å². The highest BCUT2D eigenvalue weighted by atomic mass is 15.1. The summed E-state index contributed by atoms with van der Waals surface area (Å²) in [5, 5.41) is 3.57. The molecule has 0 aromatic heterocycles. The summed E-state index contributed by atoms with van der Waals surface area (Å²) in [6, 6.07) is 33.2. The smallest absolute Gasteiger partial charge is 0.0645 e. The van der Waals surface area contributed by atoms with Gasteiger partial charge in [0.1, 0.15) is 0 Å². The Labute approximate surface area is 317 Å². The minimum Gasteiger partial charge on any atom is -0.311 e. The van der Waals surface area contributed by atoms with Crippen LogP contribution in [0.3, 0.4) is 0 Å². The molecule has 0 unspecified atom stereocenters. The molecule has 51 heavy (non-hydrogen) atoms. The van der Waals surface area contributed by atoms with Crippen LogP contribution < -0.4 is 4.90 Å². The largest absolute Gasteiger partial charge is 0.311 e. The van der Waals surface area contributed by atoms with E-state index in [-0.39, 0.29) is 16.9 Å². The SMILES string of the molecule is [2H]c1c([2H])c([2H])c(-c2c([2H])c([2H])c(N(c3ccc(-c4ccc5ccccc5c4)cc3)c3c([2H])c([2H])c(-c4c(-c5ccccc5)ccc5ccccc45)c([2H])c3[2H])c([2H])c2[2H])c([2H])c1[2H]. The monoisotopic (exact) mass is 662 g/mol. The lowest BCUT2D eigenvalue weighted by Gasteiger charge is -2.26. The molecule has 0 amide bonds. The quantitative estimate of drug-likeness (QED) is 0.164. The maximum atomic E-state index is 9.68. The van der Waals surface area contributed by atoms with Crippen molar-refractivity contribution in [2.24, 2.45) is 0 Å².